The summed E-state index contributed by atoms with van der Waals surface area (Å²) in [6, 6.07) is 7.62. The van der Waals surface area contributed by atoms with Gasteiger partial charge in [-0.15, -0.1) is 0 Å². The Bertz CT molecular complexity index is 1010. The maximum absolute atomic E-state index is 12.3. The lowest BCUT2D eigenvalue weighted by Gasteiger charge is -2.25. The van der Waals surface area contributed by atoms with Gasteiger partial charge in [0.15, 0.2) is 5.82 Å². The first-order valence-corrected chi connectivity index (χ1v) is 9.45. The zero-order chi connectivity index (χ0) is 20.2. The number of imidazole rings is 1. The van der Waals surface area contributed by atoms with E-state index in [1.165, 1.54) is 0 Å². The van der Waals surface area contributed by atoms with Crippen molar-refractivity contribution in [1.82, 2.24) is 25.1 Å². The standard InChI is InChI=1S/C20H22N6O3/c1-21-20(28)18-17-14(11-16(27)23-19(17)25-24-18)13-5-2-3-6-15(13)29-10-4-8-26-9-7-22-12-26/h2-3,5-7,9,12,14H,4,8,10-11H2,1H3,(H,21,28)(H2,23,24,25,27). The van der Waals surface area contributed by atoms with Gasteiger partial charge in [-0.05, 0) is 12.5 Å². The molecule has 9 heteroatoms. The number of benzene rings is 1. The summed E-state index contributed by atoms with van der Waals surface area (Å²) in [5, 5.41) is 12.2. The molecule has 1 aliphatic heterocycles. The maximum Gasteiger partial charge on any atom is 0.269 e. The Hall–Kier alpha value is -3.62. The monoisotopic (exact) mass is 394 g/mol. The second-order valence-corrected chi connectivity index (χ2v) is 6.79. The number of nitrogens with zero attached hydrogens (tertiary/aromatic N) is 3. The van der Waals surface area contributed by atoms with Crippen LogP contribution in [0.15, 0.2) is 43.0 Å². The second-order valence-electron chi connectivity index (χ2n) is 6.79. The van der Waals surface area contributed by atoms with E-state index in [2.05, 4.69) is 25.8 Å². The molecule has 3 N–H and O–H groups in total. The van der Waals surface area contributed by atoms with Gasteiger partial charge in [0.2, 0.25) is 5.91 Å². The molecular formula is C20H22N6O3. The summed E-state index contributed by atoms with van der Waals surface area (Å²) in [6.45, 7) is 1.33. The van der Waals surface area contributed by atoms with Crippen LogP contribution >= 0.6 is 0 Å². The first kappa shape index (κ1) is 18.7. The quantitative estimate of drug-likeness (QED) is 0.530. The van der Waals surface area contributed by atoms with E-state index in [1.807, 2.05) is 35.0 Å². The number of aryl methyl sites for hydroxylation is 1. The zero-order valence-electron chi connectivity index (χ0n) is 16.0. The Morgan fingerprint density at radius 1 is 1.38 bits per heavy atom. The lowest BCUT2D eigenvalue weighted by Crippen LogP contribution is -2.26. The number of fused-ring (bicyclic) bond motifs is 1. The molecule has 0 fully saturated rings. The highest BCUT2D eigenvalue weighted by Crippen LogP contribution is 2.41. The summed E-state index contributed by atoms with van der Waals surface area (Å²) < 4.78 is 8.04. The van der Waals surface area contributed by atoms with Crippen LogP contribution in [0.3, 0.4) is 0 Å². The predicted molar refractivity (Wildman–Crippen MR) is 106 cm³/mol. The minimum Gasteiger partial charge on any atom is -0.493 e. The second kappa shape index (κ2) is 8.17. The van der Waals surface area contributed by atoms with E-state index in [1.54, 1.807) is 19.6 Å². The number of aromatic amines is 1. The van der Waals surface area contributed by atoms with Crippen molar-refractivity contribution in [2.24, 2.45) is 0 Å². The van der Waals surface area contributed by atoms with Crippen LogP contribution in [0.1, 0.15) is 40.4 Å². The van der Waals surface area contributed by atoms with Gasteiger partial charge >= 0.3 is 0 Å². The van der Waals surface area contributed by atoms with E-state index in [4.69, 9.17) is 4.74 Å². The Kier molecular flexibility index (Phi) is 5.28. The molecular weight excluding hydrogens is 372 g/mol. The maximum atomic E-state index is 12.3. The highest BCUT2D eigenvalue weighted by atomic mass is 16.5. The van der Waals surface area contributed by atoms with Gasteiger partial charge in [-0.1, -0.05) is 18.2 Å². The van der Waals surface area contributed by atoms with Crippen molar-refractivity contribution >= 4 is 17.6 Å². The number of carbonyl (C=O) groups is 2. The van der Waals surface area contributed by atoms with Crippen LogP contribution in [0.25, 0.3) is 0 Å². The molecule has 2 amide bonds. The third kappa shape index (κ3) is 3.84. The first-order chi connectivity index (χ1) is 14.2. The van der Waals surface area contributed by atoms with Crippen molar-refractivity contribution in [3.8, 4) is 5.75 Å². The first-order valence-electron chi connectivity index (χ1n) is 9.45. The molecule has 1 atom stereocenters. The molecule has 3 heterocycles. The van der Waals surface area contributed by atoms with E-state index in [9.17, 15) is 9.59 Å². The van der Waals surface area contributed by atoms with E-state index in [-0.39, 0.29) is 24.2 Å². The van der Waals surface area contributed by atoms with Crippen molar-refractivity contribution in [2.45, 2.75) is 25.3 Å². The largest absolute Gasteiger partial charge is 0.493 e. The number of ether oxygens (including phenoxy) is 1. The Balaban J connectivity index is 1.58. The molecule has 0 aliphatic carbocycles. The molecule has 4 rings (SSSR count). The lowest BCUT2D eigenvalue weighted by atomic mass is 9.85. The summed E-state index contributed by atoms with van der Waals surface area (Å²) in [7, 11) is 1.56. The number of para-hydroxylation sites is 1. The van der Waals surface area contributed by atoms with Crippen molar-refractivity contribution < 1.29 is 14.3 Å². The van der Waals surface area contributed by atoms with Crippen LogP contribution in [0.4, 0.5) is 5.82 Å². The fourth-order valence-corrected chi connectivity index (χ4v) is 3.57. The topological polar surface area (TPSA) is 114 Å². The zero-order valence-corrected chi connectivity index (χ0v) is 16.0. The van der Waals surface area contributed by atoms with E-state index < -0.39 is 0 Å². The Morgan fingerprint density at radius 3 is 3.03 bits per heavy atom. The van der Waals surface area contributed by atoms with Gasteiger partial charge in [0.1, 0.15) is 11.4 Å². The van der Waals surface area contributed by atoms with Gasteiger partial charge in [0.25, 0.3) is 5.91 Å². The van der Waals surface area contributed by atoms with Gasteiger partial charge in [-0.3, -0.25) is 14.7 Å². The van der Waals surface area contributed by atoms with Crippen molar-refractivity contribution in [2.75, 3.05) is 19.0 Å². The van der Waals surface area contributed by atoms with Crippen LogP contribution in [-0.4, -0.2) is 45.2 Å². The minimum atomic E-state index is -0.324. The lowest BCUT2D eigenvalue weighted by molar-refractivity contribution is -0.116. The van der Waals surface area contributed by atoms with Gasteiger partial charge in [0.05, 0.1) is 12.9 Å². The molecule has 0 spiro atoms. The molecule has 0 saturated heterocycles. The molecule has 29 heavy (non-hydrogen) atoms. The van der Waals surface area contributed by atoms with Crippen molar-refractivity contribution in [3.05, 3.63) is 59.8 Å². The van der Waals surface area contributed by atoms with Crippen molar-refractivity contribution in [3.63, 3.8) is 0 Å². The number of hydrogen-bond donors (Lipinski definition) is 3. The molecule has 9 nitrogen and oxygen atoms in total. The van der Waals surface area contributed by atoms with E-state index in [0.29, 0.717) is 29.4 Å². The smallest absolute Gasteiger partial charge is 0.269 e. The van der Waals surface area contributed by atoms with Crippen LogP contribution in [0.5, 0.6) is 5.75 Å². The minimum absolute atomic E-state index is 0.146. The molecule has 3 aromatic rings. The molecule has 2 aromatic heterocycles. The molecule has 1 aromatic carbocycles. The molecule has 0 bridgehead atoms. The fraction of sp³-hybridized carbons (Fsp3) is 0.300. The van der Waals surface area contributed by atoms with Crippen molar-refractivity contribution in [1.29, 1.82) is 0 Å². The number of amides is 2. The SMILES string of the molecule is CNC(=O)c1[nH]nc2c1C(c1ccccc1OCCCn1ccnc1)CC(=O)N2. The molecule has 1 unspecified atom stereocenters. The Morgan fingerprint density at radius 2 is 2.24 bits per heavy atom. The summed E-state index contributed by atoms with van der Waals surface area (Å²) in [5.41, 5.74) is 1.89. The number of nitrogens with one attached hydrogen (secondary N) is 3. The van der Waals surface area contributed by atoms with Gasteiger partial charge < -0.3 is 19.9 Å². The number of rotatable bonds is 7. The number of hydrogen-bond acceptors (Lipinski definition) is 5. The normalized spacial score (nSPS) is 15.5. The average Bonchev–Trinajstić information content (AvgIpc) is 3.40. The summed E-state index contributed by atoms with van der Waals surface area (Å²) in [4.78, 5) is 28.6. The highest BCUT2D eigenvalue weighted by molar-refractivity contribution is 6.00. The van der Waals surface area contributed by atoms with Crippen LogP contribution < -0.4 is 15.4 Å². The third-order valence-electron chi connectivity index (χ3n) is 4.93. The Labute approximate surface area is 167 Å². The van der Waals surface area contributed by atoms with E-state index in [0.717, 1.165) is 18.5 Å². The highest BCUT2D eigenvalue weighted by Gasteiger charge is 2.34. The third-order valence-corrected chi connectivity index (χ3v) is 4.93. The van der Waals surface area contributed by atoms with Crippen LogP contribution in [0.2, 0.25) is 0 Å². The average molecular weight is 394 g/mol. The van der Waals surface area contributed by atoms with Gasteiger partial charge in [-0.25, -0.2) is 4.98 Å². The van der Waals surface area contributed by atoms with Gasteiger partial charge in [-0.2, -0.15) is 5.10 Å². The number of aromatic nitrogens is 4. The van der Waals surface area contributed by atoms with Gasteiger partial charge in [0, 0.05) is 49.5 Å². The van der Waals surface area contributed by atoms with E-state index >= 15 is 0 Å². The molecule has 0 saturated carbocycles. The number of H-pyrrole nitrogens is 1. The number of carbonyl (C=O) groups excluding carboxylic acids is 2. The molecule has 0 radical (unpaired) electrons. The van der Waals surface area contributed by atoms with Crippen LogP contribution in [0, 0.1) is 0 Å². The predicted octanol–water partition coefficient (Wildman–Crippen LogP) is 1.91. The van der Waals surface area contributed by atoms with Crippen LogP contribution in [-0.2, 0) is 11.3 Å². The summed E-state index contributed by atoms with van der Waals surface area (Å²) >= 11 is 0. The number of anilines is 1. The summed E-state index contributed by atoms with van der Waals surface area (Å²) in [6.07, 6.45) is 6.46. The summed E-state index contributed by atoms with van der Waals surface area (Å²) in [5.74, 6) is 0.341. The fourth-order valence-electron chi connectivity index (χ4n) is 3.57. The molecule has 150 valence electrons. The molecule has 1 aliphatic rings.